The fraction of sp³-hybridized carbons (Fsp3) is 0.818. The lowest BCUT2D eigenvalue weighted by Gasteiger charge is -2.30. The number of aliphatic carboxylic acids is 1. The van der Waals surface area contributed by atoms with Crippen LogP contribution in [0.25, 0.3) is 0 Å². The Balaban J connectivity index is 2.26. The van der Waals surface area contributed by atoms with Gasteiger partial charge in [-0.2, -0.15) is 0 Å². The van der Waals surface area contributed by atoms with Gasteiger partial charge in [0, 0.05) is 18.6 Å². The van der Waals surface area contributed by atoms with Gasteiger partial charge in [-0.25, -0.2) is 4.79 Å². The van der Waals surface area contributed by atoms with Crippen LogP contribution in [0.5, 0.6) is 0 Å². The Hall–Kier alpha value is -1.30. The molecule has 1 heterocycles. The fourth-order valence-electron chi connectivity index (χ4n) is 2.05. The van der Waals surface area contributed by atoms with Crippen molar-refractivity contribution in [3.63, 3.8) is 0 Å². The predicted octanol–water partition coefficient (Wildman–Crippen LogP) is 0.243. The first-order valence-electron chi connectivity index (χ1n) is 5.94. The van der Waals surface area contributed by atoms with Crippen LogP contribution in [0.15, 0.2) is 0 Å². The Morgan fingerprint density at radius 2 is 2.24 bits per heavy atom. The Kier molecular flexibility index (Phi) is 5.21. The zero-order chi connectivity index (χ0) is 12.8. The van der Waals surface area contributed by atoms with Gasteiger partial charge in [0.2, 0.25) is 0 Å². The van der Waals surface area contributed by atoms with Gasteiger partial charge in [0.05, 0.1) is 6.42 Å². The zero-order valence-electron chi connectivity index (χ0n) is 10.4. The van der Waals surface area contributed by atoms with Crippen molar-refractivity contribution in [1.29, 1.82) is 0 Å². The van der Waals surface area contributed by atoms with Crippen LogP contribution >= 0.6 is 0 Å². The normalized spacial score (nSPS) is 22.8. The molecule has 2 unspecified atom stereocenters. The Labute approximate surface area is 101 Å². The number of hydrogen-bond donors (Lipinski definition) is 3. The first kappa shape index (κ1) is 13.8. The summed E-state index contributed by atoms with van der Waals surface area (Å²) < 4.78 is 0. The van der Waals surface area contributed by atoms with E-state index in [1.165, 1.54) is 0 Å². The summed E-state index contributed by atoms with van der Waals surface area (Å²) >= 11 is 0. The molecule has 0 radical (unpaired) electrons. The van der Waals surface area contributed by atoms with Crippen molar-refractivity contribution < 1.29 is 14.7 Å². The van der Waals surface area contributed by atoms with Crippen LogP contribution in [0.3, 0.4) is 0 Å². The second kappa shape index (κ2) is 6.44. The molecule has 1 aliphatic rings. The monoisotopic (exact) mass is 243 g/mol. The smallest absolute Gasteiger partial charge is 0.315 e. The van der Waals surface area contributed by atoms with Gasteiger partial charge in [0.15, 0.2) is 0 Å². The number of likely N-dealkylation sites (tertiary alicyclic amines) is 1. The molecular formula is C11H21N3O3. The van der Waals surface area contributed by atoms with Gasteiger partial charge in [-0.3, -0.25) is 4.79 Å². The third-order valence-corrected chi connectivity index (χ3v) is 2.82. The number of amides is 2. The number of urea groups is 1. The molecule has 17 heavy (non-hydrogen) atoms. The average molecular weight is 243 g/mol. The molecule has 2 atom stereocenters. The molecule has 0 saturated carbocycles. The molecule has 98 valence electrons. The Bertz CT molecular complexity index is 283. The van der Waals surface area contributed by atoms with Crippen molar-refractivity contribution in [3.05, 3.63) is 0 Å². The first-order chi connectivity index (χ1) is 7.97. The van der Waals surface area contributed by atoms with Gasteiger partial charge in [-0.1, -0.05) is 0 Å². The number of carbonyl (C=O) groups is 2. The van der Waals surface area contributed by atoms with Gasteiger partial charge in [-0.05, 0) is 33.4 Å². The number of likely N-dealkylation sites (N-methyl/N-ethyl adjacent to an activating group) is 1. The van der Waals surface area contributed by atoms with Gasteiger partial charge in [-0.15, -0.1) is 0 Å². The Morgan fingerprint density at radius 1 is 1.53 bits per heavy atom. The van der Waals surface area contributed by atoms with E-state index in [1.54, 1.807) is 6.92 Å². The average Bonchev–Trinajstić information content (AvgIpc) is 2.14. The summed E-state index contributed by atoms with van der Waals surface area (Å²) in [5, 5.41) is 14.1. The summed E-state index contributed by atoms with van der Waals surface area (Å²) in [6, 6.07) is -0.473. The number of nitrogens with one attached hydrogen (secondary N) is 2. The van der Waals surface area contributed by atoms with Crippen molar-refractivity contribution in [2.45, 2.75) is 38.3 Å². The molecule has 2 amide bonds. The number of piperidine rings is 1. The van der Waals surface area contributed by atoms with Gasteiger partial charge in [0.25, 0.3) is 0 Å². The van der Waals surface area contributed by atoms with Crippen LogP contribution in [0.4, 0.5) is 4.79 Å². The number of carboxylic acids is 1. The van der Waals surface area contributed by atoms with E-state index >= 15 is 0 Å². The molecule has 1 aliphatic heterocycles. The van der Waals surface area contributed by atoms with E-state index in [2.05, 4.69) is 15.5 Å². The second-order valence-electron chi connectivity index (χ2n) is 4.72. The minimum absolute atomic E-state index is 0.0576. The summed E-state index contributed by atoms with van der Waals surface area (Å²) in [7, 11) is 2.03. The number of nitrogens with zero attached hydrogens (tertiary/aromatic N) is 1. The topological polar surface area (TPSA) is 81.7 Å². The van der Waals surface area contributed by atoms with Crippen molar-refractivity contribution in [2.24, 2.45) is 0 Å². The lowest BCUT2D eigenvalue weighted by Crippen LogP contribution is -2.51. The number of rotatable bonds is 4. The van der Waals surface area contributed by atoms with Crippen molar-refractivity contribution in [1.82, 2.24) is 15.5 Å². The van der Waals surface area contributed by atoms with Gasteiger partial charge < -0.3 is 20.6 Å². The fourth-order valence-corrected chi connectivity index (χ4v) is 2.05. The zero-order valence-corrected chi connectivity index (χ0v) is 10.4. The van der Waals surface area contributed by atoms with Crippen molar-refractivity contribution in [2.75, 3.05) is 20.1 Å². The molecule has 0 aromatic carbocycles. The SMILES string of the molecule is CC(CC(=O)O)NC(=O)NC1CCCN(C)C1. The first-order valence-corrected chi connectivity index (χ1v) is 5.94. The van der Waals surface area contributed by atoms with Crippen LogP contribution in [-0.2, 0) is 4.79 Å². The third kappa shape index (κ3) is 5.53. The van der Waals surface area contributed by atoms with Crippen LogP contribution in [0.2, 0.25) is 0 Å². The summed E-state index contributed by atoms with van der Waals surface area (Å²) in [5.74, 6) is -0.907. The maximum atomic E-state index is 11.6. The maximum Gasteiger partial charge on any atom is 0.315 e. The van der Waals surface area contributed by atoms with Gasteiger partial charge in [0.1, 0.15) is 0 Å². The number of carboxylic acid groups (broad SMARTS) is 1. The molecule has 1 fully saturated rings. The second-order valence-corrected chi connectivity index (χ2v) is 4.72. The van der Waals surface area contributed by atoms with E-state index in [0.717, 1.165) is 25.9 Å². The lowest BCUT2D eigenvalue weighted by molar-refractivity contribution is -0.137. The van der Waals surface area contributed by atoms with E-state index in [4.69, 9.17) is 5.11 Å². The van der Waals surface area contributed by atoms with E-state index in [1.807, 2.05) is 7.05 Å². The maximum absolute atomic E-state index is 11.6. The predicted molar refractivity (Wildman–Crippen MR) is 63.9 cm³/mol. The van der Waals surface area contributed by atoms with Crippen molar-refractivity contribution in [3.8, 4) is 0 Å². The molecule has 0 aliphatic carbocycles. The molecule has 0 bridgehead atoms. The van der Waals surface area contributed by atoms with Crippen LogP contribution < -0.4 is 10.6 Å². The van der Waals surface area contributed by atoms with Crippen LogP contribution in [-0.4, -0.2) is 54.2 Å². The summed E-state index contributed by atoms with van der Waals surface area (Å²) in [5.41, 5.74) is 0. The highest BCUT2D eigenvalue weighted by Crippen LogP contribution is 2.07. The third-order valence-electron chi connectivity index (χ3n) is 2.82. The molecule has 1 rings (SSSR count). The highest BCUT2D eigenvalue weighted by atomic mass is 16.4. The minimum Gasteiger partial charge on any atom is -0.481 e. The van der Waals surface area contributed by atoms with Crippen LogP contribution in [0.1, 0.15) is 26.2 Å². The quantitative estimate of drug-likeness (QED) is 0.661. The summed E-state index contributed by atoms with van der Waals surface area (Å²) in [6.07, 6.45) is 2.00. The van der Waals surface area contributed by atoms with E-state index in [-0.39, 0.29) is 24.5 Å². The molecule has 6 heteroatoms. The molecule has 0 aromatic rings. The summed E-state index contributed by atoms with van der Waals surface area (Å²) in [6.45, 7) is 3.59. The highest BCUT2D eigenvalue weighted by Gasteiger charge is 2.19. The molecule has 1 saturated heterocycles. The van der Waals surface area contributed by atoms with Crippen LogP contribution in [0, 0.1) is 0 Å². The minimum atomic E-state index is -0.907. The van der Waals surface area contributed by atoms with E-state index in [0.29, 0.717) is 0 Å². The standard InChI is InChI=1S/C11H21N3O3/c1-8(6-10(15)16)12-11(17)13-9-4-3-5-14(2)7-9/h8-9H,3-7H2,1-2H3,(H,15,16)(H2,12,13,17). The molecule has 0 aromatic heterocycles. The lowest BCUT2D eigenvalue weighted by atomic mass is 10.1. The molecule has 6 nitrogen and oxygen atoms in total. The Morgan fingerprint density at radius 3 is 2.82 bits per heavy atom. The van der Waals surface area contributed by atoms with E-state index in [9.17, 15) is 9.59 Å². The highest BCUT2D eigenvalue weighted by molar-refractivity contribution is 5.75. The van der Waals surface area contributed by atoms with Gasteiger partial charge >= 0.3 is 12.0 Å². The number of hydrogen-bond acceptors (Lipinski definition) is 3. The largest absolute Gasteiger partial charge is 0.481 e. The number of carbonyl (C=O) groups excluding carboxylic acids is 1. The molecule has 3 N–H and O–H groups in total. The summed E-state index contributed by atoms with van der Waals surface area (Å²) in [4.78, 5) is 24.2. The molecular weight excluding hydrogens is 222 g/mol. The molecule has 0 spiro atoms. The van der Waals surface area contributed by atoms with E-state index < -0.39 is 5.97 Å². The van der Waals surface area contributed by atoms with Crippen molar-refractivity contribution >= 4 is 12.0 Å².